The van der Waals surface area contributed by atoms with Gasteiger partial charge in [0, 0.05) is 6.20 Å². The zero-order valence-corrected chi connectivity index (χ0v) is 10.7. The summed E-state index contributed by atoms with van der Waals surface area (Å²) in [4.78, 5) is 0. The molecule has 16 heavy (non-hydrogen) atoms. The van der Waals surface area contributed by atoms with Gasteiger partial charge in [0.2, 0.25) is 0 Å². The molecule has 90 valence electrons. The van der Waals surface area contributed by atoms with Gasteiger partial charge in [0.15, 0.2) is 0 Å². The minimum absolute atomic E-state index is 0.829. The minimum atomic E-state index is 0.829. The fraction of sp³-hybridized carbons (Fsp3) is 0.692. The van der Waals surface area contributed by atoms with Crippen LogP contribution in [-0.2, 0) is 6.42 Å². The van der Waals surface area contributed by atoms with Crippen molar-refractivity contribution in [1.29, 1.82) is 0 Å². The Balaban J connectivity index is 2.24. The summed E-state index contributed by atoms with van der Waals surface area (Å²) < 4.78 is 1.86. The van der Waals surface area contributed by atoms with Gasteiger partial charge in [0.1, 0.15) is 0 Å². The van der Waals surface area contributed by atoms with E-state index >= 15 is 0 Å². The molecule has 1 aromatic heterocycles. The lowest BCUT2D eigenvalue weighted by atomic mass is 10.0. The topological polar surface area (TPSA) is 30.7 Å². The molecule has 0 N–H and O–H groups in total. The van der Waals surface area contributed by atoms with Gasteiger partial charge in [-0.15, -0.1) is 5.10 Å². The molecule has 0 fully saturated rings. The molecule has 3 heteroatoms. The van der Waals surface area contributed by atoms with Gasteiger partial charge in [-0.25, -0.2) is 4.68 Å². The monoisotopic (exact) mass is 221 g/mol. The Hall–Kier alpha value is -1.12. The van der Waals surface area contributed by atoms with Crippen molar-refractivity contribution in [3.8, 4) is 0 Å². The first kappa shape index (κ1) is 12.9. The average molecular weight is 221 g/mol. The van der Waals surface area contributed by atoms with E-state index in [0.29, 0.717) is 0 Å². The number of hydrogen-bond acceptors (Lipinski definition) is 2. The molecule has 0 aliphatic heterocycles. The third-order valence-electron chi connectivity index (χ3n) is 2.65. The van der Waals surface area contributed by atoms with Gasteiger partial charge in [0.25, 0.3) is 0 Å². The van der Waals surface area contributed by atoms with Gasteiger partial charge >= 0.3 is 0 Å². The normalized spacial score (nSPS) is 11.8. The van der Waals surface area contributed by atoms with Crippen LogP contribution in [0.15, 0.2) is 12.3 Å². The summed E-state index contributed by atoms with van der Waals surface area (Å²) in [6, 6.07) is 0. The number of allylic oxidation sites excluding steroid dienone is 1. The highest BCUT2D eigenvalue weighted by atomic mass is 15.4. The number of aryl methyl sites for hydroxylation is 1. The molecule has 0 saturated carbocycles. The number of rotatable bonds is 7. The number of nitrogens with zero attached hydrogens (tertiary/aromatic N) is 3. The molecular formula is C13H23N3. The summed E-state index contributed by atoms with van der Waals surface area (Å²) in [7, 11) is 0. The lowest BCUT2D eigenvalue weighted by Crippen LogP contribution is -1.97. The predicted octanol–water partition coefficient (Wildman–Crippen LogP) is 3.53. The van der Waals surface area contributed by atoms with Crippen molar-refractivity contribution in [2.75, 3.05) is 0 Å². The van der Waals surface area contributed by atoms with E-state index in [1.165, 1.54) is 31.4 Å². The van der Waals surface area contributed by atoms with Crippen molar-refractivity contribution < 1.29 is 0 Å². The fourth-order valence-electron chi connectivity index (χ4n) is 1.75. The highest BCUT2D eigenvalue weighted by molar-refractivity contribution is 5.21. The highest BCUT2D eigenvalue weighted by Gasteiger charge is 2.01. The maximum Gasteiger partial charge on any atom is 0.0729 e. The van der Waals surface area contributed by atoms with Gasteiger partial charge in [-0.3, -0.25) is 0 Å². The molecule has 1 aromatic rings. The Bertz CT molecular complexity index is 313. The molecule has 1 rings (SSSR count). The summed E-state index contributed by atoms with van der Waals surface area (Å²) in [5.74, 6) is 0.829. The third-order valence-corrected chi connectivity index (χ3v) is 2.65. The molecule has 0 saturated heterocycles. The predicted molar refractivity (Wildman–Crippen MR) is 68.0 cm³/mol. The second kappa shape index (κ2) is 7.20. The van der Waals surface area contributed by atoms with Crippen molar-refractivity contribution in [3.05, 3.63) is 18.0 Å². The quantitative estimate of drug-likeness (QED) is 0.659. The van der Waals surface area contributed by atoms with Crippen molar-refractivity contribution in [3.63, 3.8) is 0 Å². The molecule has 0 radical (unpaired) electrons. The lowest BCUT2D eigenvalue weighted by molar-refractivity contribution is 0.525. The van der Waals surface area contributed by atoms with E-state index < -0.39 is 0 Å². The van der Waals surface area contributed by atoms with Crippen LogP contribution in [0.25, 0.3) is 6.20 Å². The highest BCUT2D eigenvalue weighted by Crippen LogP contribution is 2.10. The van der Waals surface area contributed by atoms with E-state index in [9.17, 15) is 0 Å². The van der Waals surface area contributed by atoms with Crippen LogP contribution in [0, 0.1) is 5.92 Å². The second-order valence-electron chi connectivity index (χ2n) is 4.65. The first-order chi connectivity index (χ1) is 7.74. The first-order valence-electron chi connectivity index (χ1n) is 6.26. The van der Waals surface area contributed by atoms with E-state index in [1.54, 1.807) is 0 Å². The SMILES string of the molecule is C/C=C/n1nncc1CCCCCC(C)C. The van der Waals surface area contributed by atoms with Crippen LogP contribution >= 0.6 is 0 Å². The minimum Gasteiger partial charge on any atom is -0.225 e. The van der Waals surface area contributed by atoms with Crippen LogP contribution in [0.4, 0.5) is 0 Å². The lowest BCUT2D eigenvalue weighted by Gasteiger charge is -2.04. The number of unbranched alkanes of at least 4 members (excludes halogenated alkanes) is 2. The molecule has 0 spiro atoms. The summed E-state index contributed by atoms with van der Waals surface area (Å²) in [6.07, 6.45) is 12.1. The average Bonchev–Trinajstić information content (AvgIpc) is 2.65. The van der Waals surface area contributed by atoms with Gasteiger partial charge in [-0.2, -0.15) is 0 Å². The Morgan fingerprint density at radius 3 is 2.81 bits per heavy atom. The zero-order valence-electron chi connectivity index (χ0n) is 10.7. The van der Waals surface area contributed by atoms with E-state index in [1.807, 2.05) is 30.1 Å². The Morgan fingerprint density at radius 1 is 1.31 bits per heavy atom. The second-order valence-corrected chi connectivity index (χ2v) is 4.65. The van der Waals surface area contributed by atoms with Gasteiger partial charge in [0.05, 0.1) is 11.9 Å². The molecule has 0 atom stereocenters. The number of hydrogen-bond donors (Lipinski definition) is 0. The standard InChI is InChI=1S/C13H23N3/c1-4-10-16-13(11-14-15-16)9-7-5-6-8-12(2)3/h4,10-12H,5-9H2,1-3H3/b10-4+. The smallest absolute Gasteiger partial charge is 0.0729 e. The maximum atomic E-state index is 4.01. The Kier molecular flexibility index (Phi) is 5.83. The van der Waals surface area contributed by atoms with Crippen LogP contribution in [0.1, 0.15) is 52.1 Å². The molecule has 0 unspecified atom stereocenters. The Labute approximate surface area is 98.6 Å². The van der Waals surface area contributed by atoms with Gasteiger partial charge in [-0.05, 0) is 25.7 Å². The molecule has 3 nitrogen and oxygen atoms in total. The Morgan fingerprint density at radius 2 is 2.12 bits per heavy atom. The maximum absolute atomic E-state index is 4.01. The summed E-state index contributed by atoms with van der Waals surface area (Å²) in [5.41, 5.74) is 1.21. The summed E-state index contributed by atoms with van der Waals surface area (Å²) in [5, 5.41) is 7.94. The zero-order chi connectivity index (χ0) is 11.8. The molecular weight excluding hydrogens is 198 g/mol. The van der Waals surface area contributed by atoms with Crippen LogP contribution in [0.5, 0.6) is 0 Å². The van der Waals surface area contributed by atoms with E-state index in [-0.39, 0.29) is 0 Å². The van der Waals surface area contributed by atoms with E-state index in [0.717, 1.165) is 12.3 Å². The molecule has 1 heterocycles. The van der Waals surface area contributed by atoms with Gasteiger partial charge < -0.3 is 0 Å². The first-order valence-corrected chi connectivity index (χ1v) is 6.26. The summed E-state index contributed by atoms with van der Waals surface area (Å²) in [6.45, 7) is 6.56. The third kappa shape index (κ3) is 4.60. The van der Waals surface area contributed by atoms with Crippen LogP contribution in [-0.4, -0.2) is 15.0 Å². The van der Waals surface area contributed by atoms with Crippen molar-refractivity contribution >= 4 is 6.20 Å². The van der Waals surface area contributed by atoms with Crippen molar-refractivity contribution in [2.45, 2.75) is 52.9 Å². The van der Waals surface area contributed by atoms with Gasteiger partial charge in [-0.1, -0.05) is 44.4 Å². The van der Waals surface area contributed by atoms with E-state index in [2.05, 4.69) is 24.2 Å². The molecule has 0 aromatic carbocycles. The largest absolute Gasteiger partial charge is 0.225 e. The fourth-order valence-corrected chi connectivity index (χ4v) is 1.75. The molecule has 0 aliphatic carbocycles. The van der Waals surface area contributed by atoms with Crippen molar-refractivity contribution in [1.82, 2.24) is 15.0 Å². The molecule has 0 aliphatic rings. The number of aromatic nitrogens is 3. The molecule has 0 amide bonds. The van der Waals surface area contributed by atoms with Crippen LogP contribution < -0.4 is 0 Å². The van der Waals surface area contributed by atoms with Crippen LogP contribution in [0.2, 0.25) is 0 Å². The van der Waals surface area contributed by atoms with E-state index in [4.69, 9.17) is 0 Å². The summed E-state index contributed by atoms with van der Waals surface area (Å²) >= 11 is 0. The van der Waals surface area contributed by atoms with Crippen molar-refractivity contribution in [2.24, 2.45) is 5.92 Å². The van der Waals surface area contributed by atoms with Crippen LogP contribution in [0.3, 0.4) is 0 Å². The molecule has 0 bridgehead atoms.